The standard InChI is InChI=1S/C13H18BNO4S.C2H6/c1-4-13(2,3)20-9-5-6-10-11(7-9)14(16)19-12(10)8-15(17)18;1-2/h5-7,12,16H,4,8H2,1-3H3;1-2H3. The average Bonchev–Trinajstić information content (AvgIpc) is 2.76. The Hall–Kier alpha value is -1.05. The van der Waals surface area contributed by atoms with E-state index in [9.17, 15) is 15.1 Å². The van der Waals surface area contributed by atoms with E-state index < -0.39 is 18.1 Å². The molecule has 0 saturated carbocycles. The predicted octanol–water partition coefficient (Wildman–Crippen LogP) is 3.03. The summed E-state index contributed by atoms with van der Waals surface area (Å²) in [7, 11) is -1.07. The molecule has 0 bridgehead atoms. The van der Waals surface area contributed by atoms with Gasteiger partial charge in [0.15, 0.2) is 0 Å². The van der Waals surface area contributed by atoms with Crippen LogP contribution in [-0.2, 0) is 4.65 Å². The molecule has 0 amide bonds. The summed E-state index contributed by atoms with van der Waals surface area (Å²) in [6.45, 7) is 10.1. The summed E-state index contributed by atoms with van der Waals surface area (Å²) in [6, 6.07) is 5.64. The first kappa shape index (κ1) is 19.0. The lowest BCUT2D eigenvalue weighted by Crippen LogP contribution is -2.28. The molecular weight excluding hydrogens is 301 g/mol. The molecule has 1 unspecified atom stereocenters. The molecule has 7 heteroatoms. The summed E-state index contributed by atoms with van der Waals surface area (Å²) in [4.78, 5) is 11.2. The van der Waals surface area contributed by atoms with Crippen molar-refractivity contribution < 1.29 is 14.6 Å². The first-order chi connectivity index (χ1) is 10.3. The third-order valence-electron chi connectivity index (χ3n) is 3.52. The highest BCUT2D eigenvalue weighted by Gasteiger charge is 2.38. The van der Waals surface area contributed by atoms with Gasteiger partial charge >= 0.3 is 7.12 Å². The van der Waals surface area contributed by atoms with E-state index >= 15 is 0 Å². The number of nitrogens with zero attached hydrogens (tertiary/aromatic N) is 1. The van der Waals surface area contributed by atoms with Gasteiger partial charge in [0.05, 0.1) is 0 Å². The summed E-state index contributed by atoms with van der Waals surface area (Å²) >= 11 is 1.73. The summed E-state index contributed by atoms with van der Waals surface area (Å²) in [5.74, 6) is 0. The van der Waals surface area contributed by atoms with Crippen molar-refractivity contribution in [3.05, 3.63) is 33.9 Å². The van der Waals surface area contributed by atoms with Crippen molar-refractivity contribution in [2.45, 2.75) is 56.8 Å². The second kappa shape index (κ2) is 7.99. The molecule has 0 fully saturated rings. The third-order valence-corrected chi connectivity index (χ3v) is 4.86. The van der Waals surface area contributed by atoms with Gasteiger partial charge in [0, 0.05) is 14.6 Å². The van der Waals surface area contributed by atoms with E-state index in [1.807, 2.05) is 32.0 Å². The zero-order chi connectivity index (χ0) is 16.9. The van der Waals surface area contributed by atoms with Crippen LogP contribution in [0.4, 0.5) is 0 Å². The highest BCUT2D eigenvalue weighted by atomic mass is 32.2. The second-order valence-corrected chi connectivity index (χ2v) is 7.28. The fourth-order valence-corrected chi connectivity index (χ4v) is 3.20. The predicted molar refractivity (Wildman–Crippen MR) is 91.3 cm³/mol. The molecule has 2 rings (SSSR count). The quantitative estimate of drug-likeness (QED) is 0.390. The normalized spacial score (nSPS) is 16.8. The molecule has 0 spiro atoms. The maximum absolute atomic E-state index is 10.6. The monoisotopic (exact) mass is 325 g/mol. The van der Waals surface area contributed by atoms with Gasteiger partial charge in [0.2, 0.25) is 6.54 Å². The number of rotatable bonds is 5. The Bertz CT molecular complexity index is 524. The van der Waals surface area contributed by atoms with Gasteiger partial charge in [-0.05, 0) is 29.6 Å². The van der Waals surface area contributed by atoms with E-state index in [1.54, 1.807) is 11.8 Å². The molecular formula is C15H24BNO4S. The minimum Gasteiger partial charge on any atom is -0.423 e. The summed E-state index contributed by atoms with van der Waals surface area (Å²) in [6.07, 6.45) is 0.367. The number of hydrogen-bond acceptors (Lipinski definition) is 5. The van der Waals surface area contributed by atoms with Crippen LogP contribution in [0.1, 0.15) is 52.7 Å². The number of hydrogen-bond donors (Lipinski definition) is 1. The molecule has 1 atom stereocenters. The van der Waals surface area contributed by atoms with Crippen LogP contribution in [-0.4, -0.2) is 28.4 Å². The number of fused-ring (bicyclic) bond motifs is 1. The maximum Gasteiger partial charge on any atom is 0.492 e. The second-order valence-electron chi connectivity index (χ2n) is 5.50. The minimum atomic E-state index is -1.07. The Morgan fingerprint density at radius 2 is 2.09 bits per heavy atom. The van der Waals surface area contributed by atoms with Gasteiger partial charge in [0.1, 0.15) is 6.10 Å². The van der Waals surface area contributed by atoms with Crippen molar-refractivity contribution in [1.29, 1.82) is 0 Å². The molecule has 0 radical (unpaired) electrons. The lowest BCUT2D eigenvalue weighted by molar-refractivity contribution is -0.490. The molecule has 0 saturated heterocycles. The molecule has 122 valence electrons. The third kappa shape index (κ3) is 4.73. The smallest absolute Gasteiger partial charge is 0.423 e. The van der Waals surface area contributed by atoms with Crippen LogP contribution in [0.2, 0.25) is 0 Å². The first-order valence-electron chi connectivity index (χ1n) is 7.60. The minimum absolute atomic E-state index is 0.110. The zero-order valence-electron chi connectivity index (χ0n) is 13.8. The molecule has 0 aliphatic carbocycles. The molecule has 1 aromatic carbocycles. The van der Waals surface area contributed by atoms with Crippen molar-refractivity contribution in [2.75, 3.05) is 6.54 Å². The zero-order valence-corrected chi connectivity index (χ0v) is 14.6. The molecule has 1 aromatic rings. The van der Waals surface area contributed by atoms with Crippen LogP contribution in [0.5, 0.6) is 0 Å². The Labute approximate surface area is 136 Å². The lowest BCUT2D eigenvalue weighted by Gasteiger charge is -2.22. The first-order valence-corrected chi connectivity index (χ1v) is 8.42. The van der Waals surface area contributed by atoms with Crippen LogP contribution in [0, 0.1) is 10.1 Å². The molecule has 5 nitrogen and oxygen atoms in total. The van der Waals surface area contributed by atoms with Crippen LogP contribution in [0.3, 0.4) is 0 Å². The molecule has 1 aliphatic rings. The van der Waals surface area contributed by atoms with Crippen molar-refractivity contribution in [3.63, 3.8) is 0 Å². The fourth-order valence-electron chi connectivity index (χ4n) is 2.09. The Kier molecular flexibility index (Phi) is 6.90. The van der Waals surface area contributed by atoms with Gasteiger partial charge < -0.3 is 9.68 Å². The van der Waals surface area contributed by atoms with Crippen molar-refractivity contribution >= 4 is 24.3 Å². The van der Waals surface area contributed by atoms with Crippen LogP contribution in [0.15, 0.2) is 23.1 Å². The number of nitro groups is 1. The van der Waals surface area contributed by atoms with E-state index in [-0.39, 0.29) is 11.3 Å². The fraction of sp³-hybridized carbons (Fsp3) is 0.600. The highest BCUT2D eigenvalue weighted by Crippen LogP contribution is 2.36. The van der Waals surface area contributed by atoms with Gasteiger partial charge in [-0.25, -0.2) is 0 Å². The number of benzene rings is 1. The molecule has 22 heavy (non-hydrogen) atoms. The van der Waals surface area contributed by atoms with Gasteiger partial charge in [0.25, 0.3) is 0 Å². The summed E-state index contributed by atoms with van der Waals surface area (Å²) in [5, 5.41) is 20.5. The summed E-state index contributed by atoms with van der Waals surface area (Å²) < 4.78 is 5.37. The van der Waals surface area contributed by atoms with E-state index in [4.69, 9.17) is 4.65 Å². The summed E-state index contributed by atoms with van der Waals surface area (Å²) in [5.41, 5.74) is 1.36. The van der Waals surface area contributed by atoms with Crippen molar-refractivity contribution in [2.24, 2.45) is 0 Å². The lowest BCUT2D eigenvalue weighted by atomic mass is 9.79. The van der Waals surface area contributed by atoms with Gasteiger partial charge in [-0.1, -0.05) is 40.7 Å². The SMILES string of the molecule is CC.CCC(C)(C)Sc1ccc2c(c1)B(O)OC2C[N+](=O)[O-]. The van der Waals surface area contributed by atoms with E-state index in [0.717, 1.165) is 11.3 Å². The van der Waals surface area contributed by atoms with E-state index in [0.29, 0.717) is 11.0 Å². The van der Waals surface area contributed by atoms with Crippen LogP contribution < -0.4 is 5.46 Å². The molecule has 1 N–H and O–H groups in total. The Morgan fingerprint density at radius 1 is 1.45 bits per heavy atom. The molecule has 1 heterocycles. The van der Waals surface area contributed by atoms with Crippen molar-refractivity contribution in [1.82, 2.24) is 0 Å². The Balaban J connectivity index is 0.00000116. The largest absolute Gasteiger partial charge is 0.492 e. The topological polar surface area (TPSA) is 72.6 Å². The highest BCUT2D eigenvalue weighted by molar-refractivity contribution is 8.00. The van der Waals surface area contributed by atoms with E-state index in [1.165, 1.54) is 0 Å². The van der Waals surface area contributed by atoms with Crippen LogP contribution >= 0.6 is 11.8 Å². The van der Waals surface area contributed by atoms with Crippen molar-refractivity contribution in [3.8, 4) is 0 Å². The van der Waals surface area contributed by atoms with Crippen LogP contribution in [0.25, 0.3) is 0 Å². The average molecular weight is 325 g/mol. The Morgan fingerprint density at radius 3 is 2.64 bits per heavy atom. The van der Waals surface area contributed by atoms with Gasteiger partial charge in [-0.15, -0.1) is 11.8 Å². The molecule has 1 aliphatic heterocycles. The van der Waals surface area contributed by atoms with E-state index in [2.05, 4.69) is 20.8 Å². The van der Waals surface area contributed by atoms with Gasteiger partial charge in [-0.3, -0.25) is 10.1 Å². The molecule has 0 aromatic heterocycles. The van der Waals surface area contributed by atoms with Gasteiger partial charge in [-0.2, -0.15) is 0 Å². The number of thioether (sulfide) groups is 1. The maximum atomic E-state index is 10.6.